The highest BCUT2D eigenvalue weighted by Crippen LogP contribution is 2.49. The molecule has 9 nitrogen and oxygen atoms in total. The minimum absolute atomic E-state index is 0.00539. The van der Waals surface area contributed by atoms with E-state index in [-0.39, 0.29) is 28.3 Å². The first-order valence-corrected chi connectivity index (χ1v) is 17.7. The van der Waals surface area contributed by atoms with Crippen molar-refractivity contribution in [1.29, 1.82) is 5.26 Å². The summed E-state index contributed by atoms with van der Waals surface area (Å²) in [5.74, 6) is 0.481. The van der Waals surface area contributed by atoms with Gasteiger partial charge in [-0.15, -0.1) is 0 Å². The minimum Gasteiger partial charge on any atom is -0.506 e. The first-order valence-electron chi connectivity index (χ1n) is 15.8. The topological polar surface area (TPSA) is 121 Å². The molecule has 2 aliphatic heterocycles. The summed E-state index contributed by atoms with van der Waals surface area (Å²) >= 11 is 18.5. The van der Waals surface area contributed by atoms with Crippen LogP contribution in [0.25, 0.3) is 0 Å². The molecular formula is C34H32Cl3F2N5O4S. The van der Waals surface area contributed by atoms with Crippen molar-refractivity contribution in [2.75, 3.05) is 25.0 Å². The van der Waals surface area contributed by atoms with E-state index in [4.69, 9.17) is 40.1 Å². The number of pyridine rings is 1. The van der Waals surface area contributed by atoms with Gasteiger partial charge in [0.2, 0.25) is 0 Å². The Labute approximate surface area is 300 Å². The Morgan fingerprint density at radius 3 is 2.49 bits per heavy atom. The molecule has 258 valence electrons. The molecule has 4 aliphatic rings. The summed E-state index contributed by atoms with van der Waals surface area (Å²) in [7, 11) is 1.99. The Morgan fingerprint density at radius 1 is 1.12 bits per heavy atom. The summed E-state index contributed by atoms with van der Waals surface area (Å²) in [6, 6.07) is 10.8. The monoisotopic (exact) mass is 749 g/mol. The van der Waals surface area contributed by atoms with Gasteiger partial charge in [-0.25, -0.2) is 4.79 Å². The van der Waals surface area contributed by atoms with Crippen LogP contribution in [0.15, 0.2) is 44.9 Å². The molecule has 0 radical (unpaired) electrons. The van der Waals surface area contributed by atoms with Gasteiger partial charge in [0.25, 0.3) is 5.56 Å². The van der Waals surface area contributed by atoms with Crippen LogP contribution >= 0.6 is 46.6 Å². The number of phenols is 1. The Morgan fingerprint density at radius 2 is 1.86 bits per heavy atom. The van der Waals surface area contributed by atoms with Gasteiger partial charge in [-0.2, -0.15) is 14.0 Å². The standard InChI is InChI=1S/C18H22N4O2.C16H10Cl3F2NO2S/c1-20-11-12-9-16(17(23)10-14(12)15(20)5-6-19)22-8-2-7-21(18(22)24)13-3-4-13;17-10-4-3-8(7-1-2-7)13(18)14(10)25-11-5-12(16(19,20)21)22-15(24)9(11)6-23/h9-10,13,15,23H,2-5,7-8,11H2,1H3;3-7H,1-2H2,(H,22,24). The lowest BCUT2D eigenvalue weighted by Crippen LogP contribution is -2.50. The molecule has 1 atom stereocenters. The highest BCUT2D eigenvalue weighted by molar-refractivity contribution is 7.99. The first-order chi connectivity index (χ1) is 23.3. The maximum absolute atomic E-state index is 13.4. The Kier molecular flexibility index (Phi) is 10.2. The van der Waals surface area contributed by atoms with E-state index in [1.807, 2.05) is 29.1 Å². The smallest absolute Gasteiger partial charge is 0.362 e. The zero-order chi connectivity index (χ0) is 35.2. The van der Waals surface area contributed by atoms with Gasteiger partial charge < -0.3 is 15.0 Å². The van der Waals surface area contributed by atoms with Crippen LogP contribution in [0.5, 0.6) is 5.75 Å². The molecule has 3 fully saturated rings. The number of nitrogens with one attached hydrogen (secondary N) is 1. The predicted octanol–water partition coefficient (Wildman–Crippen LogP) is 8.40. The van der Waals surface area contributed by atoms with Crippen molar-refractivity contribution in [3.63, 3.8) is 0 Å². The number of amides is 2. The highest BCUT2D eigenvalue weighted by atomic mass is 35.5. The second kappa shape index (κ2) is 14.1. The second-order valence-corrected chi connectivity index (χ2v) is 14.9. The first kappa shape index (κ1) is 35.5. The molecule has 3 aromatic rings. The number of aldehydes is 1. The Balaban J connectivity index is 0.000000170. The van der Waals surface area contributed by atoms with Crippen molar-refractivity contribution in [2.45, 2.75) is 78.2 Å². The number of nitrogens with zero attached hydrogens (tertiary/aromatic N) is 4. The van der Waals surface area contributed by atoms with E-state index < -0.39 is 16.6 Å². The number of rotatable bonds is 8. The number of aromatic hydroxyl groups is 1. The van der Waals surface area contributed by atoms with Crippen molar-refractivity contribution < 1.29 is 23.5 Å². The van der Waals surface area contributed by atoms with E-state index in [1.54, 1.807) is 17.0 Å². The van der Waals surface area contributed by atoms with E-state index in [1.165, 1.54) is 0 Å². The maximum atomic E-state index is 13.4. The van der Waals surface area contributed by atoms with Crippen LogP contribution < -0.4 is 10.5 Å². The zero-order valence-corrected chi connectivity index (χ0v) is 29.4. The second-order valence-electron chi connectivity index (χ2n) is 12.6. The summed E-state index contributed by atoms with van der Waals surface area (Å²) in [6.07, 6.45) is 5.84. The number of carbonyl (C=O) groups excluding carboxylic acids is 2. The molecule has 1 unspecified atom stereocenters. The summed E-state index contributed by atoms with van der Waals surface area (Å²) in [6.45, 7) is 2.20. The quantitative estimate of drug-likeness (QED) is 0.175. The SMILES string of the molecule is CN1Cc2cc(N3CCCN(C4CC4)C3=O)c(O)cc2C1CC#N.O=Cc1c(Sc2c(Cl)ccc(C3CC3)c2Cl)cc(C(F)(F)Cl)[nH]c1=O. The average Bonchev–Trinajstić information content (AvgIpc) is 3.98. The lowest BCUT2D eigenvalue weighted by atomic mass is 10.0. The fraction of sp³-hybridized carbons (Fsp3) is 0.412. The number of fused-ring (bicyclic) bond motifs is 1. The molecule has 2 saturated carbocycles. The number of hydrogen-bond donors (Lipinski definition) is 2. The molecule has 2 aromatic carbocycles. The fourth-order valence-electron chi connectivity index (χ4n) is 6.32. The molecule has 0 bridgehead atoms. The number of carbonyl (C=O) groups is 2. The molecule has 49 heavy (non-hydrogen) atoms. The van der Waals surface area contributed by atoms with Crippen molar-refractivity contribution in [2.24, 2.45) is 0 Å². The molecule has 3 heterocycles. The van der Waals surface area contributed by atoms with Crippen LogP contribution in [0.2, 0.25) is 10.0 Å². The van der Waals surface area contributed by atoms with Gasteiger partial charge in [0, 0.05) is 41.5 Å². The van der Waals surface area contributed by atoms with Gasteiger partial charge in [-0.3, -0.25) is 19.4 Å². The van der Waals surface area contributed by atoms with Gasteiger partial charge in [-0.05, 0) is 97.6 Å². The Bertz CT molecular complexity index is 1910. The number of alkyl halides is 3. The van der Waals surface area contributed by atoms with Crippen molar-refractivity contribution >= 4 is 64.6 Å². The van der Waals surface area contributed by atoms with E-state index in [2.05, 4.69) is 11.0 Å². The third-order valence-electron chi connectivity index (χ3n) is 9.13. The van der Waals surface area contributed by atoms with Crippen LogP contribution in [0.3, 0.4) is 0 Å². The fourth-order valence-corrected chi connectivity index (χ4v) is 8.20. The van der Waals surface area contributed by atoms with Crippen LogP contribution in [-0.2, 0) is 11.9 Å². The normalized spacial score (nSPS) is 19.3. The number of aromatic nitrogens is 1. The molecule has 2 aliphatic carbocycles. The number of halogens is 5. The van der Waals surface area contributed by atoms with Crippen LogP contribution in [-0.4, -0.2) is 58.4 Å². The third kappa shape index (κ3) is 7.42. The van der Waals surface area contributed by atoms with Gasteiger partial charge in [0.1, 0.15) is 11.4 Å². The van der Waals surface area contributed by atoms with Crippen molar-refractivity contribution in [3.05, 3.63) is 78.7 Å². The number of anilines is 1. The van der Waals surface area contributed by atoms with Crippen molar-refractivity contribution in [1.82, 2.24) is 14.8 Å². The molecule has 1 saturated heterocycles. The highest BCUT2D eigenvalue weighted by Gasteiger charge is 2.39. The zero-order valence-electron chi connectivity index (χ0n) is 26.3. The molecular weight excluding hydrogens is 719 g/mol. The molecule has 0 spiro atoms. The maximum Gasteiger partial charge on any atom is 0.362 e. The van der Waals surface area contributed by atoms with E-state index in [0.29, 0.717) is 51.8 Å². The largest absolute Gasteiger partial charge is 0.506 e. The Hall–Kier alpha value is -3.34. The lowest BCUT2D eigenvalue weighted by Gasteiger charge is -2.36. The number of H-pyrrole nitrogens is 1. The number of aromatic amines is 1. The lowest BCUT2D eigenvalue weighted by molar-refractivity contribution is 0.0891. The number of urea groups is 1. The molecule has 1 aromatic heterocycles. The van der Waals surface area contributed by atoms with Gasteiger partial charge >= 0.3 is 11.4 Å². The van der Waals surface area contributed by atoms with Gasteiger partial charge in [-0.1, -0.05) is 41.0 Å². The predicted molar refractivity (Wildman–Crippen MR) is 184 cm³/mol. The van der Waals surface area contributed by atoms with Gasteiger partial charge in [0.05, 0.1) is 33.8 Å². The average molecular weight is 751 g/mol. The molecule has 7 rings (SSSR count). The number of benzene rings is 2. The summed E-state index contributed by atoms with van der Waals surface area (Å²) < 4.78 is 26.7. The number of nitriles is 1. The minimum atomic E-state index is -3.78. The summed E-state index contributed by atoms with van der Waals surface area (Å²) in [4.78, 5) is 44.0. The van der Waals surface area contributed by atoms with Crippen LogP contribution in [0.1, 0.15) is 83.2 Å². The van der Waals surface area contributed by atoms with Gasteiger partial charge in [0.15, 0.2) is 6.29 Å². The number of phenolic OH excluding ortho intramolecular Hbond substituents is 1. The molecule has 2 N–H and O–H groups in total. The van der Waals surface area contributed by atoms with Crippen LogP contribution in [0.4, 0.5) is 19.3 Å². The van der Waals surface area contributed by atoms with Crippen LogP contribution in [0, 0.1) is 11.3 Å². The van der Waals surface area contributed by atoms with E-state index in [9.17, 15) is 28.3 Å². The molecule has 15 heteroatoms. The third-order valence-corrected chi connectivity index (χ3v) is 11.5. The molecule has 2 amide bonds. The van der Waals surface area contributed by atoms with E-state index in [0.717, 1.165) is 79.7 Å². The van der Waals surface area contributed by atoms with E-state index >= 15 is 0 Å². The summed E-state index contributed by atoms with van der Waals surface area (Å²) in [5.41, 5.74) is 1.56. The number of hydrogen-bond acceptors (Lipinski definition) is 7. The van der Waals surface area contributed by atoms with Crippen molar-refractivity contribution in [3.8, 4) is 11.8 Å². The summed E-state index contributed by atoms with van der Waals surface area (Å²) in [5, 5.41) is 16.5.